The topological polar surface area (TPSA) is 45.0 Å². The zero-order valence-corrected chi connectivity index (χ0v) is 38.0. The maximum absolute atomic E-state index is 5.55. The highest BCUT2D eigenvalue weighted by atomic mass is 15.1. The fourth-order valence-electron chi connectivity index (χ4n) is 11.7. The van der Waals surface area contributed by atoms with E-state index < -0.39 is 0 Å². The number of rotatable bonds is 5. The third-order valence-electron chi connectivity index (χ3n) is 14.6. The van der Waals surface area contributed by atoms with Crippen molar-refractivity contribution in [2.24, 2.45) is 4.99 Å². The first-order chi connectivity index (χ1) is 34.8. The predicted octanol–water partition coefficient (Wildman–Crippen LogP) is 16.1. The van der Waals surface area contributed by atoms with Gasteiger partial charge in [-0.15, -0.1) is 0 Å². The fraction of sp³-hybridized carbons (Fsp3) is 0.0312. The third kappa shape index (κ3) is 5.62. The second-order valence-electron chi connectivity index (χ2n) is 18.4. The van der Waals surface area contributed by atoms with Crippen molar-refractivity contribution in [3.63, 3.8) is 0 Å². The fourth-order valence-corrected chi connectivity index (χ4v) is 11.7. The average Bonchev–Trinajstić information content (AvgIpc) is 4.16. The summed E-state index contributed by atoms with van der Waals surface area (Å²) in [5.74, 6) is 0.909. The molecular formula is C64H42N6. The Labute approximate surface area is 402 Å². The van der Waals surface area contributed by atoms with E-state index in [1.807, 2.05) is 6.07 Å². The number of hydrogen-bond acceptors (Lipinski definition) is 2. The Morgan fingerprint density at radius 3 is 1.49 bits per heavy atom. The van der Waals surface area contributed by atoms with Crippen LogP contribution in [-0.2, 0) is 0 Å². The molecular weight excluding hydrogens is 853 g/mol. The molecule has 1 aliphatic rings. The Morgan fingerprint density at radius 2 is 0.843 bits per heavy atom. The summed E-state index contributed by atoms with van der Waals surface area (Å²) in [6.45, 7) is 0. The first kappa shape index (κ1) is 38.8. The minimum Gasteiger partial charge on any atom is -0.309 e. The molecule has 1 aliphatic heterocycles. The van der Waals surface area contributed by atoms with Gasteiger partial charge >= 0.3 is 0 Å². The SMILES string of the molecule is C1=CC(n2c3ccccc3c3ccc4c(c5ccccc5n4-c4cccc(-n5c6ccccc6c6ccc7c(c8ccccc8n7-c7ccccc7)c65)c4)c32)=NC(c2cccc(-c3ccccc3)n2)C1. The molecule has 0 N–H and O–H groups in total. The number of pyridine rings is 1. The average molecular weight is 895 g/mol. The molecule has 1 atom stereocenters. The van der Waals surface area contributed by atoms with Crippen LogP contribution >= 0.6 is 0 Å². The summed E-state index contributed by atoms with van der Waals surface area (Å²) >= 11 is 0. The van der Waals surface area contributed by atoms with E-state index in [1.165, 1.54) is 65.2 Å². The molecule has 70 heavy (non-hydrogen) atoms. The van der Waals surface area contributed by atoms with Crippen LogP contribution in [0, 0.1) is 0 Å². The van der Waals surface area contributed by atoms with Crippen molar-refractivity contribution in [3.8, 4) is 28.3 Å². The van der Waals surface area contributed by atoms with Gasteiger partial charge in [0.25, 0.3) is 0 Å². The van der Waals surface area contributed by atoms with Gasteiger partial charge in [-0.1, -0.05) is 152 Å². The predicted molar refractivity (Wildman–Crippen MR) is 291 cm³/mol. The molecule has 15 rings (SSSR count). The van der Waals surface area contributed by atoms with Crippen LogP contribution in [0.15, 0.2) is 242 Å². The molecule has 9 aromatic carbocycles. The summed E-state index contributed by atoms with van der Waals surface area (Å²) in [5, 5.41) is 9.73. The van der Waals surface area contributed by atoms with E-state index in [9.17, 15) is 0 Å². The molecule has 0 radical (unpaired) electrons. The maximum atomic E-state index is 5.55. The standard InChI is InChI=1S/C64H42N6/c1-3-18-41(19-4-1)51-28-16-29-52(65-51)53-30-17-35-60(66-53)70-55-32-12-8-25-46(55)48-37-39-59-62(64(48)70)50-27-10-14-34-57(50)68(59)43-22-15-23-44(40-43)69-54-31-11-7-24-45(54)47-36-38-58-61(63(47)69)49-26-9-13-33-56(49)67(58)42-20-5-2-6-21-42/h1-29,31-40,53H,30H2. The van der Waals surface area contributed by atoms with Crippen molar-refractivity contribution >= 4 is 93.1 Å². The van der Waals surface area contributed by atoms with Crippen LogP contribution in [0.25, 0.3) is 116 Å². The number of aliphatic imine (C=N–C) groups is 1. The zero-order chi connectivity index (χ0) is 45.9. The molecule has 0 fully saturated rings. The summed E-state index contributed by atoms with van der Waals surface area (Å²) in [6, 6.07) is 81.1. The van der Waals surface area contributed by atoms with Gasteiger partial charge in [-0.25, -0.2) is 0 Å². The summed E-state index contributed by atoms with van der Waals surface area (Å²) < 4.78 is 9.77. The summed E-state index contributed by atoms with van der Waals surface area (Å²) in [7, 11) is 0. The first-order valence-corrected chi connectivity index (χ1v) is 24.1. The number of benzene rings is 9. The van der Waals surface area contributed by atoms with Crippen LogP contribution in [0.1, 0.15) is 18.2 Å². The Morgan fingerprint density at radius 1 is 0.357 bits per heavy atom. The normalized spacial score (nSPS) is 14.1. The molecule has 6 heterocycles. The summed E-state index contributed by atoms with van der Waals surface area (Å²) in [4.78, 5) is 10.7. The highest BCUT2D eigenvalue weighted by molar-refractivity contribution is 6.29. The Balaban J connectivity index is 0.962. The van der Waals surface area contributed by atoms with Crippen LogP contribution in [-0.4, -0.2) is 29.1 Å². The van der Waals surface area contributed by atoms with Crippen molar-refractivity contribution < 1.29 is 0 Å². The summed E-state index contributed by atoms with van der Waals surface area (Å²) in [5.41, 5.74) is 15.7. The third-order valence-corrected chi connectivity index (χ3v) is 14.6. The lowest BCUT2D eigenvalue weighted by atomic mass is 10.1. The van der Waals surface area contributed by atoms with Gasteiger partial charge in [-0.3, -0.25) is 14.5 Å². The summed E-state index contributed by atoms with van der Waals surface area (Å²) in [6.07, 6.45) is 5.25. The van der Waals surface area contributed by atoms with Crippen LogP contribution in [0.2, 0.25) is 0 Å². The Kier molecular flexibility index (Phi) is 8.38. The van der Waals surface area contributed by atoms with Gasteiger partial charge in [-0.05, 0) is 91.4 Å². The smallest absolute Gasteiger partial charge is 0.133 e. The van der Waals surface area contributed by atoms with E-state index >= 15 is 0 Å². The van der Waals surface area contributed by atoms with Gasteiger partial charge in [0.05, 0.1) is 61.6 Å². The van der Waals surface area contributed by atoms with Gasteiger partial charge in [0, 0.05) is 65.7 Å². The molecule has 0 saturated carbocycles. The molecule has 6 heteroatoms. The quantitative estimate of drug-likeness (QED) is 0.170. The van der Waals surface area contributed by atoms with Crippen molar-refractivity contribution in [1.82, 2.24) is 23.3 Å². The van der Waals surface area contributed by atoms with E-state index in [2.05, 4.69) is 249 Å². The van der Waals surface area contributed by atoms with E-state index in [4.69, 9.17) is 9.98 Å². The second kappa shape index (κ2) is 15.1. The lowest BCUT2D eigenvalue weighted by Gasteiger charge is -2.19. The van der Waals surface area contributed by atoms with Gasteiger partial charge in [-0.2, -0.15) is 0 Å². The highest BCUT2D eigenvalue weighted by Gasteiger charge is 2.25. The van der Waals surface area contributed by atoms with Gasteiger partial charge in [0.2, 0.25) is 0 Å². The van der Waals surface area contributed by atoms with E-state index in [0.717, 1.165) is 68.3 Å². The molecule has 0 bridgehead atoms. The van der Waals surface area contributed by atoms with E-state index in [-0.39, 0.29) is 6.04 Å². The van der Waals surface area contributed by atoms with Crippen molar-refractivity contribution in [1.29, 1.82) is 0 Å². The number of dihydropyridines is 1. The molecule has 0 saturated heterocycles. The van der Waals surface area contributed by atoms with Crippen molar-refractivity contribution in [2.45, 2.75) is 12.5 Å². The zero-order valence-electron chi connectivity index (χ0n) is 38.0. The number of aromatic nitrogens is 5. The molecule has 14 aromatic rings. The largest absolute Gasteiger partial charge is 0.309 e. The number of allylic oxidation sites excluding steroid dienone is 1. The molecule has 0 amide bonds. The van der Waals surface area contributed by atoms with Crippen LogP contribution in [0.4, 0.5) is 0 Å². The van der Waals surface area contributed by atoms with Crippen molar-refractivity contribution in [2.75, 3.05) is 0 Å². The lowest BCUT2D eigenvalue weighted by molar-refractivity contribution is 0.706. The number of hydrogen-bond donors (Lipinski definition) is 0. The Bertz CT molecular complexity index is 4500. The number of fused-ring (bicyclic) bond motifs is 14. The van der Waals surface area contributed by atoms with Crippen LogP contribution < -0.4 is 0 Å². The molecule has 328 valence electrons. The minimum atomic E-state index is -0.125. The van der Waals surface area contributed by atoms with Crippen molar-refractivity contribution in [3.05, 3.63) is 242 Å². The van der Waals surface area contributed by atoms with E-state index in [1.54, 1.807) is 0 Å². The molecule has 6 nitrogen and oxygen atoms in total. The Hall–Kier alpha value is -9.26. The van der Waals surface area contributed by atoms with Gasteiger partial charge in [0.1, 0.15) is 5.84 Å². The first-order valence-electron chi connectivity index (χ1n) is 24.1. The van der Waals surface area contributed by atoms with Crippen LogP contribution in [0.5, 0.6) is 0 Å². The number of para-hydroxylation sites is 5. The monoisotopic (exact) mass is 894 g/mol. The van der Waals surface area contributed by atoms with E-state index in [0.29, 0.717) is 0 Å². The highest BCUT2D eigenvalue weighted by Crippen LogP contribution is 2.44. The second-order valence-corrected chi connectivity index (χ2v) is 18.4. The lowest BCUT2D eigenvalue weighted by Crippen LogP contribution is -2.15. The van der Waals surface area contributed by atoms with Gasteiger partial charge in [0.15, 0.2) is 0 Å². The van der Waals surface area contributed by atoms with Gasteiger partial charge < -0.3 is 13.7 Å². The van der Waals surface area contributed by atoms with Crippen LogP contribution in [0.3, 0.4) is 0 Å². The number of nitrogens with zero attached hydrogens (tertiary/aromatic N) is 6. The molecule has 1 unspecified atom stereocenters. The molecule has 0 aliphatic carbocycles. The molecule has 0 spiro atoms. The maximum Gasteiger partial charge on any atom is 0.133 e. The minimum absolute atomic E-state index is 0.125. The molecule has 5 aromatic heterocycles.